The van der Waals surface area contributed by atoms with Crippen LogP contribution in [0, 0.1) is 29.3 Å². The van der Waals surface area contributed by atoms with Crippen molar-refractivity contribution in [1.82, 2.24) is 5.32 Å². The summed E-state index contributed by atoms with van der Waals surface area (Å²) in [6.45, 7) is 0.376. The van der Waals surface area contributed by atoms with Crippen molar-refractivity contribution in [2.24, 2.45) is 0 Å². The highest BCUT2D eigenvalue weighted by atomic mass is 19.2. The maximum atomic E-state index is 13.5. The van der Waals surface area contributed by atoms with Gasteiger partial charge < -0.3 is 10.1 Å². The van der Waals surface area contributed by atoms with Gasteiger partial charge >= 0.3 is 6.09 Å². The van der Waals surface area contributed by atoms with Crippen LogP contribution in [0.1, 0.15) is 29.0 Å². The highest BCUT2D eigenvalue weighted by molar-refractivity contribution is 5.79. The summed E-state index contributed by atoms with van der Waals surface area (Å²) >= 11 is 0. The Morgan fingerprint density at radius 3 is 2.19 bits per heavy atom. The van der Waals surface area contributed by atoms with Crippen molar-refractivity contribution >= 4 is 6.09 Å². The second kappa shape index (κ2) is 8.97. The molecule has 0 radical (unpaired) electrons. The number of hydrogen-bond acceptors (Lipinski definition) is 2. The van der Waals surface area contributed by atoms with E-state index in [-0.39, 0.29) is 31.1 Å². The largest absolute Gasteiger partial charge is 0.449 e. The van der Waals surface area contributed by atoms with E-state index >= 15 is 0 Å². The standard InChI is InChI=1S/C25H18F3NO2/c26-22-14-24(28)23(27)13-16(22)7-5-6-12-29-25(30)31-15-21-19-10-3-1-8-17(19)18-9-2-4-11-20(18)21/h1-4,8-11,13-14,21H,6,12,15H2,(H,29,30). The molecule has 0 aliphatic heterocycles. The van der Waals surface area contributed by atoms with Gasteiger partial charge in [0.05, 0.1) is 5.56 Å². The van der Waals surface area contributed by atoms with Gasteiger partial charge in [-0.05, 0) is 28.3 Å². The fourth-order valence-electron chi connectivity index (χ4n) is 3.65. The van der Waals surface area contributed by atoms with Crippen molar-refractivity contribution in [3.05, 3.63) is 94.8 Å². The van der Waals surface area contributed by atoms with Crippen molar-refractivity contribution in [3.8, 4) is 23.0 Å². The summed E-state index contributed by atoms with van der Waals surface area (Å²) in [6.07, 6.45) is -0.384. The second-order valence-corrected chi connectivity index (χ2v) is 7.05. The molecule has 3 aromatic carbocycles. The van der Waals surface area contributed by atoms with Crippen LogP contribution in [0.5, 0.6) is 0 Å². The summed E-state index contributed by atoms with van der Waals surface area (Å²) in [6, 6.07) is 17.2. The summed E-state index contributed by atoms with van der Waals surface area (Å²) < 4.78 is 45.0. The molecule has 0 spiro atoms. The first-order valence-electron chi connectivity index (χ1n) is 9.77. The van der Waals surface area contributed by atoms with Crippen molar-refractivity contribution < 1.29 is 22.7 Å². The third-order valence-corrected chi connectivity index (χ3v) is 5.10. The minimum absolute atomic E-state index is 0.0331. The summed E-state index contributed by atoms with van der Waals surface area (Å²) in [5, 5.41) is 2.58. The fraction of sp³-hybridized carbons (Fsp3) is 0.160. The zero-order chi connectivity index (χ0) is 21.8. The van der Waals surface area contributed by atoms with Crippen molar-refractivity contribution in [3.63, 3.8) is 0 Å². The molecule has 0 aromatic heterocycles. The molecular formula is C25H18F3NO2. The third-order valence-electron chi connectivity index (χ3n) is 5.10. The number of hydrogen-bond donors (Lipinski definition) is 1. The minimum atomic E-state index is -1.26. The van der Waals surface area contributed by atoms with Gasteiger partial charge in [0.2, 0.25) is 0 Å². The number of benzene rings is 3. The van der Waals surface area contributed by atoms with E-state index in [4.69, 9.17) is 4.74 Å². The molecule has 1 aliphatic rings. The molecule has 1 amide bonds. The first-order valence-corrected chi connectivity index (χ1v) is 9.77. The average Bonchev–Trinajstić information content (AvgIpc) is 3.09. The van der Waals surface area contributed by atoms with Gasteiger partial charge in [-0.3, -0.25) is 0 Å². The lowest BCUT2D eigenvalue weighted by atomic mass is 9.98. The lowest BCUT2D eigenvalue weighted by molar-refractivity contribution is 0.143. The molecule has 0 saturated carbocycles. The molecule has 31 heavy (non-hydrogen) atoms. The number of amides is 1. The SMILES string of the molecule is O=C(NCCC#Cc1cc(F)c(F)cc1F)OCC1c2ccccc2-c2ccccc21. The third kappa shape index (κ3) is 4.41. The Morgan fingerprint density at radius 1 is 0.903 bits per heavy atom. The molecule has 6 heteroatoms. The number of fused-ring (bicyclic) bond motifs is 3. The maximum Gasteiger partial charge on any atom is 0.407 e. The van der Waals surface area contributed by atoms with Crippen LogP contribution < -0.4 is 5.32 Å². The number of carbonyl (C=O) groups is 1. The number of carbonyl (C=O) groups excluding carboxylic acids is 1. The molecule has 1 N–H and O–H groups in total. The van der Waals surface area contributed by atoms with Crippen LogP contribution >= 0.6 is 0 Å². The van der Waals surface area contributed by atoms with E-state index in [1.807, 2.05) is 36.4 Å². The number of alkyl carbamates (subject to hydrolysis) is 1. The van der Waals surface area contributed by atoms with Gasteiger partial charge in [-0.2, -0.15) is 0 Å². The summed E-state index contributed by atoms with van der Waals surface area (Å²) in [7, 11) is 0. The summed E-state index contributed by atoms with van der Waals surface area (Å²) in [4.78, 5) is 12.1. The lowest BCUT2D eigenvalue weighted by Gasteiger charge is -2.14. The summed E-state index contributed by atoms with van der Waals surface area (Å²) in [5.74, 6) is 1.65. The molecule has 0 heterocycles. The Labute approximate surface area is 177 Å². The van der Waals surface area contributed by atoms with Crippen LogP contribution in [0.2, 0.25) is 0 Å². The van der Waals surface area contributed by atoms with Gasteiger partial charge in [-0.15, -0.1) is 0 Å². The molecule has 0 fully saturated rings. The van der Waals surface area contributed by atoms with Gasteiger partial charge in [-0.1, -0.05) is 60.4 Å². The van der Waals surface area contributed by atoms with E-state index in [1.54, 1.807) is 0 Å². The zero-order valence-corrected chi connectivity index (χ0v) is 16.4. The van der Waals surface area contributed by atoms with Crippen LogP contribution in [0.4, 0.5) is 18.0 Å². The number of nitrogens with one attached hydrogen (secondary N) is 1. The van der Waals surface area contributed by atoms with Crippen molar-refractivity contribution in [2.75, 3.05) is 13.2 Å². The van der Waals surface area contributed by atoms with Gasteiger partial charge in [0.1, 0.15) is 12.4 Å². The first-order chi connectivity index (χ1) is 15.0. The molecule has 156 valence electrons. The number of ether oxygens (including phenoxy) is 1. The predicted molar refractivity (Wildman–Crippen MR) is 111 cm³/mol. The molecular weight excluding hydrogens is 403 g/mol. The molecule has 0 bridgehead atoms. The van der Waals surface area contributed by atoms with Gasteiger partial charge in [-0.25, -0.2) is 18.0 Å². The highest BCUT2D eigenvalue weighted by Gasteiger charge is 2.28. The monoisotopic (exact) mass is 421 g/mol. The van der Waals surface area contributed by atoms with Crippen LogP contribution in [-0.4, -0.2) is 19.2 Å². The predicted octanol–water partition coefficient (Wildman–Crippen LogP) is 5.38. The first kappa shape index (κ1) is 20.5. The van der Waals surface area contributed by atoms with Crippen LogP contribution in [0.3, 0.4) is 0 Å². The maximum absolute atomic E-state index is 13.5. The Morgan fingerprint density at radius 2 is 1.52 bits per heavy atom. The molecule has 3 aromatic rings. The lowest BCUT2D eigenvalue weighted by Crippen LogP contribution is -2.26. The van der Waals surface area contributed by atoms with Gasteiger partial charge in [0.25, 0.3) is 0 Å². The number of halogens is 3. The summed E-state index contributed by atoms with van der Waals surface area (Å²) in [5.41, 5.74) is 4.30. The molecule has 4 rings (SSSR count). The average molecular weight is 421 g/mol. The molecule has 0 unspecified atom stereocenters. The minimum Gasteiger partial charge on any atom is -0.449 e. The molecule has 1 aliphatic carbocycles. The van der Waals surface area contributed by atoms with Crippen molar-refractivity contribution in [2.45, 2.75) is 12.3 Å². The van der Waals surface area contributed by atoms with Crippen molar-refractivity contribution in [1.29, 1.82) is 0 Å². The van der Waals surface area contributed by atoms with E-state index in [1.165, 1.54) is 0 Å². The normalized spacial score (nSPS) is 11.8. The van der Waals surface area contributed by atoms with Gasteiger partial charge in [0.15, 0.2) is 11.6 Å². The van der Waals surface area contributed by atoms with E-state index in [2.05, 4.69) is 29.3 Å². The molecule has 0 saturated heterocycles. The Kier molecular flexibility index (Phi) is 5.94. The fourth-order valence-corrected chi connectivity index (χ4v) is 3.65. The van der Waals surface area contributed by atoms with E-state index in [0.29, 0.717) is 12.1 Å². The Hall–Kier alpha value is -3.72. The quantitative estimate of drug-likeness (QED) is 0.349. The number of rotatable bonds is 4. The van der Waals surface area contributed by atoms with Crippen LogP contribution in [0.25, 0.3) is 11.1 Å². The topological polar surface area (TPSA) is 38.3 Å². The zero-order valence-electron chi connectivity index (χ0n) is 16.4. The molecule has 0 atom stereocenters. The smallest absolute Gasteiger partial charge is 0.407 e. The van der Waals surface area contributed by atoms with E-state index < -0.39 is 23.5 Å². The second-order valence-electron chi connectivity index (χ2n) is 7.05. The van der Waals surface area contributed by atoms with Crippen LogP contribution in [0.15, 0.2) is 60.7 Å². The Balaban J connectivity index is 1.30. The highest BCUT2D eigenvalue weighted by Crippen LogP contribution is 2.44. The van der Waals surface area contributed by atoms with E-state index in [9.17, 15) is 18.0 Å². The van der Waals surface area contributed by atoms with E-state index in [0.717, 1.165) is 22.3 Å². The Bertz CT molecular complexity index is 1150. The van der Waals surface area contributed by atoms with Crippen LogP contribution in [-0.2, 0) is 4.74 Å². The van der Waals surface area contributed by atoms with Gasteiger partial charge in [0, 0.05) is 24.9 Å². The molecule has 3 nitrogen and oxygen atoms in total.